The molecule has 0 radical (unpaired) electrons. The van der Waals surface area contributed by atoms with Crippen LogP contribution in [0.5, 0.6) is 0 Å². The first-order valence-electron chi connectivity index (χ1n) is 6.84. The van der Waals surface area contributed by atoms with Crippen molar-refractivity contribution in [1.29, 1.82) is 0 Å². The molecule has 0 aromatic heterocycles. The van der Waals surface area contributed by atoms with Crippen molar-refractivity contribution in [3.8, 4) is 0 Å². The van der Waals surface area contributed by atoms with Crippen LogP contribution in [0.1, 0.15) is 38.3 Å². The molecule has 0 fully saturated rings. The minimum absolute atomic E-state index is 0.101. The van der Waals surface area contributed by atoms with Gasteiger partial charge in [0.15, 0.2) is 5.84 Å². The topological polar surface area (TPSA) is 90.9 Å². The van der Waals surface area contributed by atoms with Gasteiger partial charge >= 0.3 is 0 Å². The summed E-state index contributed by atoms with van der Waals surface area (Å²) in [5.74, 6) is 0.566. The molecule has 0 saturated carbocycles. The molecule has 0 aliphatic heterocycles. The van der Waals surface area contributed by atoms with E-state index in [0.717, 1.165) is 12.0 Å². The van der Waals surface area contributed by atoms with Gasteiger partial charge in [0.1, 0.15) is 0 Å². The van der Waals surface area contributed by atoms with Gasteiger partial charge in [-0.3, -0.25) is 0 Å². The largest absolute Gasteiger partial charge is 0.409 e. The molecule has 1 rings (SSSR count). The molecule has 1 atom stereocenters. The molecule has 0 spiro atoms. The van der Waals surface area contributed by atoms with Crippen LogP contribution in [0.25, 0.3) is 0 Å². The van der Waals surface area contributed by atoms with E-state index in [-0.39, 0.29) is 5.84 Å². The van der Waals surface area contributed by atoms with Crippen LogP contribution < -0.4 is 11.1 Å². The van der Waals surface area contributed by atoms with Crippen LogP contribution in [0.4, 0.5) is 0 Å². The number of rotatable bonds is 7. The number of amidine groups is 1. The van der Waals surface area contributed by atoms with Gasteiger partial charge < -0.3 is 21.4 Å². The van der Waals surface area contributed by atoms with Crippen LogP contribution in [0.2, 0.25) is 0 Å². The average Bonchev–Trinajstić information content (AvgIpc) is 2.37. The maximum atomic E-state index is 10.2. The zero-order valence-corrected chi connectivity index (χ0v) is 12.4. The van der Waals surface area contributed by atoms with Crippen molar-refractivity contribution >= 4 is 5.84 Å². The summed E-state index contributed by atoms with van der Waals surface area (Å²) in [6, 6.07) is 7.44. The molecular weight excluding hydrogens is 254 g/mol. The van der Waals surface area contributed by atoms with Crippen LogP contribution in [0.15, 0.2) is 29.4 Å². The number of hydrogen-bond acceptors (Lipinski definition) is 4. The Balaban J connectivity index is 2.46. The molecule has 5 nitrogen and oxygen atoms in total. The van der Waals surface area contributed by atoms with E-state index in [9.17, 15) is 5.11 Å². The molecule has 0 heterocycles. The quantitative estimate of drug-likeness (QED) is 0.264. The minimum atomic E-state index is -0.692. The Bertz CT molecular complexity index is 439. The molecule has 5 N–H and O–H groups in total. The van der Waals surface area contributed by atoms with E-state index in [1.165, 1.54) is 0 Å². The highest BCUT2D eigenvalue weighted by Crippen LogP contribution is 2.15. The smallest absolute Gasteiger partial charge is 0.170 e. The van der Waals surface area contributed by atoms with Gasteiger partial charge in [-0.25, -0.2) is 0 Å². The van der Waals surface area contributed by atoms with E-state index < -0.39 is 5.60 Å². The SMILES string of the molecule is CC(C)CC(C)(O)CNCc1ccc(C(N)=NO)cc1. The van der Waals surface area contributed by atoms with Crippen molar-refractivity contribution in [2.75, 3.05) is 6.54 Å². The number of hydrogen-bond donors (Lipinski definition) is 4. The summed E-state index contributed by atoms with van der Waals surface area (Å²) in [7, 11) is 0. The predicted octanol–water partition coefficient (Wildman–Crippen LogP) is 1.67. The van der Waals surface area contributed by atoms with Crippen molar-refractivity contribution < 1.29 is 10.3 Å². The molecule has 20 heavy (non-hydrogen) atoms. The van der Waals surface area contributed by atoms with Crippen LogP contribution in [-0.4, -0.2) is 28.3 Å². The maximum Gasteiger partial charge on any atom is 0.170 e. The summed E-state index contributed by atoms with van der Waals surface area (Å²) in [4.78, 5) is 0. The average molecular weight is 279 g/mol. The highest BCUT2D eigenvalue weighted by Gasteiger charge is 2.20. The van der Waals surface area contributed by atoms with Crippen LogP contribution in [-0.2, 0) is 6.54 Å². The second kappa shape index (κ2) is 7.26. The summed E-state index contributed by atoms with van der Waals surface area (Å²) in [5, 5.41) is 25.0. The Kier molecular flexibility index (Phi) is 5.98. The summed E-state index contributed by atoms with van der Waals surface area (Å²) in [6.07, 6.45) is 0.766. The number of oxime groups is 1. The summed E-state index contributed by atoms with van der Waals surface area (Å²) >= 11 is 0. The van der Waals surface area contributed by atoms with Crippen molar-refractivity contribution in [1.82, 2.24) is 5.32 Å². The molecule has 0 bridgehead atoms. The molecule has 1 unspecified atom stereocenters. The lowest BCUT2D eigenvalue weighted by Crippen LogP contribution is -2.38. The molecule has 112 valence electrons. The summed E-state index contributed by atoms with van der Waals surface area (Å²) < 4.78 is 0. The van der Waals surface area contributed by atoms with Crippen LogP contribution >= 0.6 is 0 Å². The van der Waals surface area contributed by atoms with E-state index in [1.807, 2.05) is 19.1 Å². The van der Waals surface area contributed by atoms with Gasteiger partial charge in [-0.2, -0.15) is 0 Å². The minimum Gasteiger partial charge on any atom is -0.409 e. The zero-order valence-electron chi connectivity index (χ0n) is 12.4. The Morgan fingerprint density at radius 1 is 1.35 bits per heavy atom. The third kappa shape index (κ3) is 5.59. The lowest BCUT2D eigenvalue weighted by atomic mass is 9.94. The Labute approximate surface area is 120 Å². The first-order chi connectivity index (χ1) is 9.34. The van der Waals surface area contributed by atoms with E-state index >= 15 is 0 Å². The number of nitrogens with zero attached hydrogens (tertiary/aromatic N) is 1. The van der Waals surface area contributed by atoms with Crippen molar-refractivity contribution in [2.45, 2.75) is 39.3 Å². The third-order valence-electron chi connectivity index (χ3n) is 3.04. The van der Waals surface area contributed by atoms with E-state index in [2.05, 4.69) is 24.3 Å². The molecule has 0 amide bonds. The van der Waals surface area contributed by atoms with Gasteiger partial charge in [0.2, 0.25) is 0 Å². The van der Waals surface area contributed by atoms with Gasteiger partial charge in [-0.1, -0.05) is 43.3 Å². The number of benzene rings is 1. The fourth-order valence-corrected chi connectivity index (χ4v) is 2.28. The van der Waals surface area contributed by atoms with Crippen LogP contribution in [0, 0.1) is 5.92 Å². The molecule has 1 aromatic rings. The van der Waals surface area contributed by atoms with Gasteiger partial charge in [0.25, 0.3) is 0 Å². The standard InChI is InChI=1S/C15H25N3O2/c1-11(2)8-15(3,19)10-17-9-12-4-6-13(7-5-12)14(16)18-20/h4-7,11,17,19-20H,8-10H2,1-3H3,(H2,16,18). The number of nitrogens with two attached hydrogens (primary N) is 1. The Morgan fingerprint density at radius 3 is 2.45 bits per heavy atom. The van der Waals surface area contributed by atoms with E-state index in [1.54, 1.807) is 12.1 Å². The fourth-order valence-electron chi connectivity index (χ4n) is 2.28. The zero-order chi connectivity index (χ0) is 15.2. The molecule has 0 aliphatic carbocycles. The van der Waals surface area contributed by atoms with Gasteiger partial charge in [-0.05, 0) is 24.8 Å². The molecular formula is C15H25N3O2. The molecule has 1 aromatic carbocycles. The summed E-state index contributed by atoms with van der Waals surface area (Å²) in [6.45, 7) is 7.26. The Hall–Kier alpha value is -1.59. The highest BCUT2D eigenvalue weighted by molar-refractivity contribution is 5.96. The number of aliphatic hydroxyl groups is 1. The second-order valence-corrected chi connectivity index (χ2v) is 5.88. The second-order valence-electron chi connectivity index (χ2n) is 5.88. The molecule has 0 aliphatic rings. The summed E-state index contributed by atoms with van der Waals surface area (Å²) in [5.41, 5.74) is 6.57. The normalized spacial score (nSPS) is 15.3. The van der Waals surface area contributed by atoms with E-state index in [0.29, 0.717) is 24.6 Å². The van der Waals surface area contributed by atoms with E-state index in [4.69, 9.17) is 10.9 Å². The van der Waals surface area contributed by atoms with Crippen molar-refractivity contribution in [2.24, 2.45) is 16.8 Å². The maximum absolute atomic E-state index is 10.2. The third-order valence-corrected chi connectivity index (χ3v) is 3.04. The van der Waals surface area contributed by atoms with Crippen LogP contribution in [0.3, 0.4) is 0 Å². The lowest BCUT2D eigenvalue weighted by molar-refractivity contribution is 0.0383. The predicted molar refractivity (Wildman–Crippen MR) is 80.7 cm³/mol. The molecule has 5 heteroatoms. The monoisotopic (exact) mass is 279 g/mol. The fraction of sp³-hybridized carbons (Fsp3) is 0.533. The first kappa shape index (κ1) is 16.5. The van der Waals surface area contributed by atoms with Crippen molar-refractivity contribution in [3.63, 3.8) is 0 Å². The first-order valence-corrected chi connectivity index (χ1v) is 6.84. The Morgan fingerprint density at radius 2 is 1.95 bits per heavy atom. The highest BCUT2D eigenvalue weighted by atomic mass is 16.4. The lowest BCUT2D eigenvalue weighted by Gasteiger charge is -2.25. The van der Waals surface area contributed by atoms with Crippen molar-refractivity contribution in [3.05, 3.63) is 35.4 Å². The van der Waals surface area contributed by atoms with Gasteiger partial charge in [-0.15, -0.1) is 0 Å². The van der Waals surface area contributed by atoms with Gasteiger partial charge in [0, 0.05) is 18.7 Å². The molecule has 0 saturated heterocycles. The number of nitrogens with one attached hydrogen (secondary N) is 1. The van der Waals surface area contributed by atoms with Gasteiger partial charge in [0.05, 0.1) is 5.60 Å².